The second-order valence-electron chi connectivity index (χ2n) is 4.58. The number of nitrogens with two attached hydrogens (primary N) is 1. The SMILES string of the molecule is CC(C)C[C@H](N)C(=O)NCc1ccc(Br)cc1.Cl. The zero-order valence-electron chi connectivity index (χ0n) is 10.7. The van der Waals surface area contributed by atoms with Gasteiger partial charge in [0.05, 0.1) is 6.04 Å². The zero-order chi connectivity index (χ0) is 12.8. The lowest BCUT2D eigenvalue weighted by atomic mass is 10.0. The van der Waals surface area contributed by atoms with Crippen molar-refractivity contribution in [3.63, 3.8) is 0 Å². The third kappa shape index (κ3) is 6.38. The molecule has 0 saturated heterocycles. The third-order valence-corrected chi connectivity index (χ3v) is 2.97. The molecule has 0 radical (unpaired) electrons. The maximum atomic E-state index is 11.7. The highest BCUT2D eigenvalue weighted by atomic mass is 79.9. The van der Waals surface area contributed by atoms with Gasteiger partial charge in [0.25, 0.3) is 0 Å². The van der Waals surface area contributed by atoms with Crippen molar-refractivity contribution in [1.82, 2.24) is 5.32 Å². The normalized spacial score (nSPS) is 11.8. The van der Waals surface area contributed by atoms with Crippen LogP contribution in [0.3, 0.4) is 0 Å². The van der Waals surface area contributed by atoms with Crippen molar-refractivity contribution in [2.75, 3.05) is 0 Å². The maximum Gasteiger partial charge on any atom is 0.237 e. The minimum Gasteiger partial charge on any atom is -0.351 e. The van der Waals surface area contributed by atoms with E-state index in [4.69, 9.17) is 5.73 Å². The summed E-state index contributed by atoms with van der Waals surface area (Å²) >= 11 is 3.37. The average Bonchev–Trinajstić information content (AvgIpc) is 2.27. The quantitative estimate of drug-likeness (QED) is 0.869. The van der Waals surface area contributed by atoms with Gasteiger partial charge in [-0.15, -0.1) is 12.4 Å². The van der Waals surface area contributed by atoms with Crippen molar-refractivity contribution in [2.45, 2.75) is 32.9 Å². The van der Waals surface area contributed by atoms with Crippen LogP contribution in [0.25, 0.3) is 0 Å². The first kappa shape index (κ1) is 17.4. The molecule has 1 atom stereocenters. The number of carbonyl (C=O) groups excluding carboxylic acids is 1. The Kier molecular flexibility index (Phi) is 8.24. The van der Waals surface area contributed by atoms with E-state index in [0.29, 0.717) is 18.9 Å². The van der Waals surface area contributed by atoms with Crippen LogP contribution in [0.4, 0.5) is 0 Å². The van der Waals surface area contributed by atoms with Gasteiger partial charge in [0.2, 0.25) is 5.91 Å². The fourth-order valence-corrected chi connectivity index (χ4v) is 1.80. The van der Waals surface area contributed by atoms with Crippen molar-refractivity contribution in [3.05, 3.63) is 34.3 Å². The van der Waals surface area contributed by atoms with E-state index >= 15 is 0 Å². The number of nitrogens with one attached hydrogen (secondary N) is 1. The summed E-state index contributed by atoms with van der Waals surface area (Å²) in [5, 5.41) is 2.84. The molecular formula is C13H20BrClN2O. The highest BCUT2D eigenvalue weighted by Gasteiger charge is 2.14. The fraction of sp³-hybridized carbons (Fsp3) is 0.462. The average molecular weight is 336 g/mol. The molecule has 1 rings (SSSR count). The molecule has 102 valence electrons. The Labute approximate surface area is 123 Å². The molecular weight excluding hydrogens is 316 g/mol. The smallest absolute Gasteiger partial charge is 0.237 e. The Hall–Kier alpha value is -0.580. The van der Waals surface area contributed by atoms with E-state index in [0.717, 1.165) is 10.0 Å². The Morgan fingerprint density at radius 2 is 1.89 bits per heavy atom. The molecule has 0 bridgehead atoms. The van der Waals surface area contributed by atoms with Crippen LogP contribution in [0.15, 0.2) is 28.7 Å². The molecule has 0 saturated carbocycles. The van der Waals surface area contributed by atoms with Gasteiger partial charge < -0.3 is 11.1 Å². The summed E-state index contributed by atoms with van der Waals surface area (Å²) in [5.74, 6) is 0.352. The van der Waals surface area contributed by atoms with E-state index in [1.165, 1.54) is 0 Å². The Morgan fingerprint density at radius 3 is 2.39 bits per heavy atom. The summed E-state index contributed by atoms with van der Waals surface area (Å²) in [6.45, 7) is 4.64. The van der Waals surface area contributed by atoms with Crippen LogP contribution >= 0.6 is 28.3 Å². The highest BCUT2D eigenvalue weighted by Crippen LogP contribution is 2.10. The van der Waals surface area contributed by atoms with E-state index in [1.54, 1.807) is 0 Å². The van der Waals surface area contributed by atoms with Crippen molar-refractivity contribution in [2.24, 2.45) is 11.7 Å². The van der Waals surface area contributed by atoms with Gasteiger partial charge in [-0.3, -0.25) is 4.79 Å². The fourth-order valence-electron chi connectivity index (χ4n) is 1.54. The molecule has 0 heterocycles. The molecule has 0 aliphatic heterocycles. The van der Waals surface area contributed by atoms with Gasteiger partial charge in [-0.25, -0.2) is 0 Å². The summed E-state index contributed by atoms with van der Waals surface area (Å²) < 4.78 is 1.03. The van der Waals surface area contributed by atoms with Gasteiger partial charge in [-0.1, -0.05) is 41.9 Å². The zero-order valence-corrected chi connectivity index (χ0v) is 13.1. The Bertz CT molecular complexity index is 368. The van der Waals surface area contributed by atoms with Gasteiger partial charge in [0.1, 0.15) is 0 Å². The van der Waals surface area contributed by atoms with Crippen molar-refractivity contribution in [3.8, 4) is 0 Å². The summed E-state index contributed by atoms with van der Waals surface area (Å²) in [7, 11) is 0. The van der Waals surface area contributed by atoms with Gasteiger partial charge in [-0.2, -0.15) is 0 Å². The van der Waals surface area contributed by atoms with Crippen LogP contribution in [0, 0.1) is 5.92 Å². The Balaban J connectivity index is 0.00000289. The topological polar surface area (TPSA) is 55.1 Å². The van der Waals surface area contributed by atoms with Gasteiger partial charge in [-0.05, 0) is 30.0 Å². The first-order valence-electron chi connectivity index (χ1n) is 5.76. The van der Waals surface area contributed by atoms with Crippen LogP contribution < -0.4 is 11.1 Å². The van der Waals surface area contributed by atoms with Crippen LogP contribution in [-0.2, 0) is 11.3 Å². The van der Waals surface area contributed by atoms with Crippen LogP contribution in [0.5, 0.6) is 0 Å². The molecule has 3 N–H and O–H groups in total. The monoisotopic (exact) mass is 334 g/mol. The lowest BCUT2D eigenvalue weighted by Crippen LogP contribution is -2.40. The maximum absolute atomic E-state index is 11.7. The standard InChI is InChI=1S/C13H19BrN2O.ClH/c1-9(2)7-12(15)13(17)16-8-10-3-5-11(14)6-4-10;/h3-6,9,12H,7-8,15H2,1-2H3,(H,16,17);1H/t12-;/m0./s1. The van der Waals surface area contributed by atoms with E-state index in [9.17, 15) is 4.79 Å². The molecule has 0 aliphatic carbocycles. The lowest BCUT2D eigenvalue weighted by Gasteiger charge is -2.14. The van der Waals surface area contributed by atoms with Crippen LogP contribution in [0.1, 0.15) is 25.8 Å². The molecule has 5 heteroatoms. The third-order valence-electron chi connectivity index (χ3n) is 2.44. The molecule has 1 amide bonds. The van der Waals surface area contributed by atoms with Crippen molar-refractivity contribution < 1.29 is 4.79 Å². The number of halogens is 2. The molecule has 1 aromatic rings. The summed E-state index contributed by atoms with van der Waals surface area (Å²) in [6, 6.07) is 7.44. The molecule has 1 aromatic carbocycles. The number of rotatable bonds is 5. The molecule has 0 aliphatic rings. The lowest BCUT2D eigenvalue weighted by molar-refractivity contribution is -0.122. The van der Waals surface area contributed by atoms with Crippen LogP contribution in [-0.4, -0.2) is 11.9 Å². The molecule has 0 aromatic heterocycles. The second kappa shape index (κ2) is 8.51. The first-order valence-corrected chi connectivity index (χ1v) is 6.56. The minimum absolute atomic E-state index is 0. The van der Waals surface area contributed by atoms with Gasteiger partial charge in [0, 0.05) is 11.0 Å². The minimum atomic E-state index is -0.412. The summed E-state index contributed by atoms with van der Waals surface area (Å²) in [5.41, 5.74) is 6.85. The van der Waals surface area contributed by atoms with E-state index in [1.807, 2.05) is 24.3 Å². The Morgan fingerprint density at radius 1 is 1.33 bits per heavy atom. The van der Waals surface area contributed by atoms with Gasteiger partial charge >= 0.3 is 0 Å². The summed E-state index contributed by atoms with van der Waals surface area (Å²) in [6.07, 6.45) is 0.714. The number of carbonyl (C=O) groups is 1. The number of benzene rings is 1. The van der Waals surface area contributed by atoms with Gasteiger partial charge in [0.15, 0.2) is 0 Å². The number of hydrogen-bond acceptors (Lipinski definition) is 2. The predicted molar refractivity (Wildman–Crippen MR) is 80.7 cm³/mol. The molecule has 0 unspecified atom stereocenters. The number of amides is 1. The highest BCUT2D eigenvalue weighted by molar-refractivity contribution is 9.10. The van der Waals surface area contributed by atoms with E-state index in [2.05, 4.69) is 35.1 Å². The second-order valence-corrected chi connectivity index (χ2v) is 5.50. The first-order chi connectivity index (χ1) is 7.99. The predicted octanol–water partition coefficient (Wildman–Crippen LogP) is 2.86. The number of hydrogen-bond donors (Lipinski definition) is 2. The molecule has 18 heavy (non-hydrogen) atoms. The van der Waals surface area contributed by atoms with Crippen molar-refractivity contribution in [1.29, 1.82) is 0 Å². The largest absolute Gasteiger partial charge is 0.351 e. The van der Waals surface area contributed by atoms with E-state index < -0.39 is 6.04 Å². The van der Waals surface area contributed by atoms with E-state index in [-0.39, 0.29) is 18.3 Å². The van der Waals surface area contributed by atoms with Crippen LogP contribution in [0.2, 0.25) is 0 Å². The molecule has 3 nitrogen and oxygen atoms in total. The van der Waals surface area contributed by atoms with Crippen molar-refractivity contribution >= 4 is 34.2 Å². The molecule has 0 spiro atoms. The molecule has 0 fully saturated rings. The summed E-state index contributed by atoms with van der Waals surface area (Å²) in [4.78, 5) is 11.7.